The minimum atomic E-state index is -0.0625. The topological polar surface area (TPSA) is 110 Å². The fourth-order valence-electron chi connectivity index (χ4n) is 1.43. The summed E-state index contributed by atoms with van der Waals surface area (Å²) in [5, 5.41) is 8.68. The third-order valence-corrected chi connectivity index (χ3v) is 2.40. The van der Waals surface area contributed by atoms with Crippen LogP contribution in [-0.2, 0) is 9.53 Å². The van der Waals surface area contributed by atoms with Crippen LogP contribution in [-0.4, -0.2) is 61.3 Å². The molecule has 0 saturated carbocycles. The third-order valence-electron chi connectivity index (χ3n) is 2.40. The highest BCUT2D eigenvalue weighted by molar-refractivity contribution is 5.76. The molecule has 0 aliphatic carbocycles. The van der Waals surface area contributed by atoms with Crippen molar-refractivity contribution in [2.45, 2.75) is 13.3 Å². The summed E-state index contributed by atoms with van der Waals surface area (Å²) >= 11 is 0. The number of nitrogens with zero attached hydrogens (tertiary/aromatic N) is 3. The molecule has 1 heterocycles. The van der Waals surface area contributed by atoms with Crippen LogP contribution in [0.1, 0.15) is 13.3 Å². The van der Waals surface area contributed by atoms with Crippen molar-refractivity contribution >= 4 is 17.8 Å². The normalized spacial score (nSPS) is 10.0. The largest absolute Gasteiger partial charge is 0.467 e. The maximum Gasteiger partial charge on any atom is 0.322 e. The van der Waals surface area contributed by atoms with Gasteiger partial charge >= 0.3 is 6.01 Å². The molecule has 1 aromatic rings. The molecule has 0 spiro atoms. The van der Waals surface area contributed by atoms with Crippen LogP contribution in [0, 0.1) is 0 Å². The number of hydrogen-bond acceptors (Lipinski definition) is 8. The summed E-state index contributed by atoms with van der Waals surface area (Å²) in [5.41, 5.74) is 0. The fourth-order valence-corrected chi connectivity index (χ4v) is 1.43. The molecule has 0 aliphatic heterocycles. The van der Waals surface area contributed by atoms with Gasteiger partial charge in [-0.05, 0) is 6.92 Å². The molecule has 0 radical (unpaired) electrons. The molecule has 0 atom stereocenters. The lowest BCUT2D eigenvalue weighted by atomic mass is 10.4. The van der Waals surface area contributed by atoms with E-state index in [0.717, 1.165) is 0 Å². The van der Waals surface area contributed by atoms with E-state index in [9.17, 15) is 4.79 Å². The Morgan fingerprint density at radius 3 is 2.43 bits per heavy atom. The van der Waals surface area contributed by atoms with Crippen LogP contribution in [0.5, 0.6) is 6.01 Å². The van der Waals surface area contributed by atoms with Gasteiger partial charge < -0.3 is 25.4 Å². The average Bonchev–Trinajstić information content (AvgIpc) is 2.47. The first-order valence-electron chi connectivity index (χ1n) is 6.73. The molecular formula is C12H22N6O3. The summed E-state index contributed by atoms with van der Waals surface area (Å²) in [6, 6.07) is 0.216. The number of methoxy groups -OCH3 is 2. The van der Waals surface area contributed by atoms with Crippen LogP contribution >= 0.6 is 0 Å². The maximum absolute atomic E-state index is 11.5. The number of carbonyl (C=O) groups excluding carboxylic acids is 1. The number of carbonyl (C=O) groups is 1. The molecule has 1 aromatic heterocycles. The molecule has 1 rings (SSSR count). The molecular weight excluding hydrogens is 276 g/mol. The van der Waals surface area contributed by atoms with Crippen molar-refractivity contribution in [3.8, 4) is 6.01 Å². The van der Waals surface area contributed by atoms with Gasteiger partial charge in [-0.3, -0.25) is 4.79 Å². The fraction of sp³-hybridized carbons (Fsp3) is 0.667. The summed E-state index contributed by atoms with van der Waals surface area (Å²) in [4.78, 5) is 23.8. The number of anilines is 2. The Labute approximate surface area is 123 Å². The van der Waals surface area contributed by atoms with E-state index < -0.39 is 0 Å². The molecule has 0 unspecified atom stereocenters. The standard InChI is InChI=1S/C12H22N6O3/c1-4-13-10-16-11(18-12(17-10)21-3)15-6-5-9(19)14-7-8-20-2/h4-8H2,1-3H3,(H,14,19)(H2,13,15,16,17,18). The first-order chi connectivity index (χ1) is 10.2. The van der Waals surface area contributed by atoms with Gasteiger partial charge in [-0.15, -0.1) is 0 Å². The van der Waals surface area contributed by atoms with Crippen molar-refractivity contribution < 1.29 is 14.3 Å². The van der Waals surface area contributed by atoms with Crippen molar-refractivity contribution in [1.29, 1.82) is 0 Å². The molecule has 0 aliphatic rings. The summed E-state index contributed by atoms with van der Waals surface area (Å²) in [6.45, 7) is 4.04. The van der Waals surface area contributed by atoms with E-state index in [4.69, 9.17) is 9.47 Å². The van der Waals surface area contributed by atoms with Gasteiger partial charge in [-0.2, -0.15) is 15.0 Å². The SMILES string of the molecule is CCNc1nc(NCCC(=O)NCCOC)nc(OC)n1. The quantitative estimate of drug-likeness (QED) is 0.513. The predicted octanol–water partition coefficient (Wildman–Crippen LogP) is -0.123. The Kier molecular flexibility index (Phi) is 7.80. The lowest BCUT2D eigenvalue weighted by Gasteiger charge is -2.08. The van der Waals surface area contributed by atoms with Crippen LogP contribution in [0.4, 0.5) is 11.9 Å². The Morgan fingerprint density at radius 2 is 1.81 bits per heavy atom. The molecule has 3 N–H and O–H groups in total. The van der Waals surface area contributed by atoms with Crippen LogP contribution < -0.4 is 20.7 Å². The molecule has 0 aromatic carbocycles. The van der Waals surface area contributed by atoms with Crippen molar-refractivity contribution in [2.75, 3.05) is 51.1 Å². The zero-order valence-corrected chi connectivity index (χ0v) is 12.6. The number of aromatic nitrogens is 3. The highest BCUT2D eigenvalue weighted by Gasteiger charge is 2.06. The highest BCUT2D eigenvalue weighted by Crippen LogP contribution is 2.10. The molecule has 21 heavy (non-hydrogen) atoms. The molecule has 9 nitrogen and oxygen atoms in total. The summed E-state index contributed by atoms with van der Waals surface area (Å²) < 4.78 is 9.85. The molecule has 0 fully saturated rings. The number of hydrogen-bond donors (Lipinski definition) is 3. The summed E-state index contributed by atoms with van der Waals surface area (Å²) in [6.07, 6.45) is 0.314. The average molecular weight is 298 g/mol. The lowest BCUT2D eigenvalue weighted by molar-refractivity contribution is -0.121. The summed E-state index contributed by atoms with van der Waals surface area (Å²) in [5.74, 6) is 0.728. The van der Waals surface area contributed by atoms with Gasteiger partial charge in [0.1, 0.15) is 0 Å². The number of ether oxygens (including phenoxy) is 2. The van der Waals surface area contributed by atoms with E-state index in [-0.39, 0.29) is 11.9 Å². The van der Waals surface area contributed by atoms with Gasteiger partial charge in [0.15, 0.2) is 0 Å². The minimum absolute atomic E-state index is 0.0625. The molecule has 118 valence electrons. The Hall–Kier alpha value is -2.16. The van der Waals surface area contributed by atoms with Gasteiger partial charge in [0.2, 0.25) is 17.8 Å². The van der Waals surface area contributed by atoms with Gasteiger partial charge in [-0.1, -0.05) is 0 Å². The predicted molar refractivity (Wildman–Crippen MR) is 78.5 cm³/mol. The molecule has 1 amide bonds. The third kappa shape index (κ3) is 6.70. The van der Waals surface area contributed by atoms with Gasteiger partial charge in [0, 0.05) is 33.2 Å². The van der Waals surface area contributed by atoms with Gasteiger partial charge in [-0.25, -0.2) is 0 Å². The smallest absolute Gasteiger partial charge is 0.322 e. The van der Waals surface area contributed by atoms with E-state index >= 15 is 0 Å². The Bertz CT molecular complexity index is 443. The Balaban J connectivity index is 2.43. The zero-order valence-electron chi connectivity index (χ0n) is 12.6. The zero-order chi connectivity index (χ0) is 15.5. The molecule has 9 heteroatoms. The van der Waals surface area contributed by atoms with E-state index in [1.165, 1.54) is 7.11 Å². The summed E-state index contributed by atoms with van der Waals surface area (Å²) in [7, 11) is 3.07. The highest BCUT2D eigenvalue weighted by atomic mass is 16.5. The van der Waals surface area contributed by atoms with Crippen LogP contribution in [0.2, 0.25) is 0 Å². The van der Waals surface area contributed by atoms with Crippen LogP contribution in [0.3, 0.4) is 0 Å². The van der Waals surface area contributed by atoms with E-state index in [0.29, 0.717) is 44.6 Å². The first kappa shape index (κ1) is 16.9. The van der Waals surface area contributed by atoms with Gasteiger partial charge in [0.25, 0.3) is 0 Å². The minimum Gasteiger partial charge on any atom is -0.467 e. The van der Waals surface area contributed by atoms with Crippen molar-refractivity contribution in [3.63, 3.8) is 0 Å². The second-order valence-corrected chi connectivity index (χ2v) is 4.02. The first-order valence-corrected chi connectivity index (χ1v) is 6.73. The van der Waals surface area contributed by atoms with Crippen LogP contribution in [0.15, 0.2) is 0 Å². The lowest BCUT2D eigenvalue weighted by Crippen LogP contribution is -2.28. The van der Waals surface area contributed by atoms with Crippen molar-refractivity contribution in [3.05, 3.63) is 0 Å². The van der Waals surface area contributed by atoms with Gasteiger partial charge in [0.05, 0.1) is 13.7 Å². The second kappa shape index (κ2) is 9.70. The Morgan fingerprint density at radius 1 is 1.10 bits per heavy atom. The van der Waals surface area contributed by atoms with E-state index in [2.05, 4.69) is 30.9 Å². The maximum atomic E-state index is 11.5. The molecule has 0 saturated heterocycles. The van der Waals surface area contributed by atoms with E-state index in [1.807, 2.05) is 6.92 Å². The second-order valence-electron chi connectivity index (χ2n) is 4.02. The van der Waals surface area contributed by atoms with Crippen molar-refractivity contribution in [1.82, 2.24) is 20.3 Å². The number of nitrogens with one attached hydrogen (secondary N) is 3. The van der Waals surface area contributed by atoms with E-state index in [1.54, 1.807) is 7.11 Å². The van der Waals surface area contributed by atoms with Crippen LogP contribution in [0.25, 0.3) is 0 Å². The molecule has 0 bridgehead atoms. The number of amides is 1. The number of rotatable bonds is 10. The monoisotopic (exact) mass is 298 g/mol. The van der Waals surface area contributed by atoms with Crippen molar-refractivity contribution in [2.24, 2.45) is 0 Å².